The summed E-state index contributed by atoms with van der Waals surface area (Å²) >= 11 is 0. The number of aliphatic hydroxyl groups excluding tert-OH is 1. The minimum absolute atomic E-state index is 0.0925. The molecule has 0 saturated carbocycles. The van der Waals surface area contributed by atoms with E-state index in [1.807, 2.05) is 67.6 Å². The topological polar surface area (TPSA) is 50.5 Å². The number of hydrogen-bond acceptors (Lipinski definition) is 4. The van der Waals surface area contributed by atoms with Crippen LogP contribution in [-0.2, 0) is 6.54 Å². The highest BCUT2D eigenvalue weighted by Gasteiger charge is 2.25. The Morgan fingerprint density at radius 3 is 2.26 bits per heavy atom. The number of nitrogens with zero attached hydrogens (tertiary/aromatic N) is 3. The maximum absolute atomic E-state index is 14.5. The van der Waals surface area contributed by atoms with Crippen LogP contribution >= 0.6 is 0 Å². The SMILES string of the molecule is Cc1nn(-c2ccccc2)c(Oc2ccc(F)cc2F)c1CN(C[C@H](O)c1ccccc1)C(C)C. The highest BCUT2D eigenvalue weighted by Crippen LogP contribution is 2.33. The Kier molecular flexibility index (Phi) is 7.58. The van der Waals surface area contributed by atoms with Crippen LogP contribution in [0.3, 0.4) is 0 Å². The molecule has 7 heteroatoms. The Morgan fingerprint density at radius 1 is 0.971 bits per heavy atom. The second-order valence-corrected chi connectivity index (χ2v) is 8.74. The van der Waals surface area contributed by atoms with Crippen molar-refractivity contribution in [3.63, 3.8) is 0 Å². The van der Waals surface area contributed by atoms with Gasteiger partial charge in [-0.25, -0.2) is 13.5 Å². The number of halogens is 2. The average molecular weight is 478 g/mol. The minimum atomic E-state index is -0.797. The van der Waals surface area contributed by atoms with Gasteiger partial charge in [0.1, 0.15) is 5.82 Å². The normalized spacial score (nSPS) is 12.3. The fourth-order valence-electron chi connectivity index (χ4n) is 3.90. The van der Waals surface area contributed by atoms with Crippen LogP contribution in [0.1, 0.15) is 36.8 Å². The van der Waals surface area contributed by atoms with Crippen molar-refractivity contribution < 1.29 is 18.6 Å². The average Bonchev–Trinajstić information content (AvgIpc) is 3.16. The predicted octanol–water partition coefficient (Wildman–Crippen LogP) is 6.20. The maximum atomic E-state index is 14.5. The lowest BCUT2D eigenvalue weighted by Crippen LogP contribution is -2.34. The Hall–Kier alpha value is -3.55. The summed E-state index contributed by atoms with van der Waals surface area (Å²) in [5.74, 6) is -1.22. The van der Waals surface area contributed by atoms with Crippen LogP contribution in [0, 0.1) is 18.6 Å². The number of ether oxygens (including phenoxy) is 1. The van der Waals surface area contributed by atoms with E-state index >= 15 is 0 Å². The van der Waals surface area contributed by atoms with Gasteiger partial charge in [0.25, 0.3) is 0 Å². The Morgan fingerprint density at radius 2 is 1.63 bits per heavy atom. The molecule has 4 aromatic rings. The van der Waals surface area contributed by atoms with Gasteiger partial charge in [-0.05, 0) is 50.6 Å². The van der Waals surface area contributed by atoms with E-state index in [2.05, 4.69) is 23.8 Å². The van der Waals surface area contributed by atoms with Crippen LogP contribution in [0.2, 0.25) is 0 Å². The van der Waals surface area contributed by atoms with E-state index in [1.165, 1.54) is 6.07 Å². The van der Waals surface area contributed by atoms with Crippen molar-refractivity contribution in [3.8, 4) is 17.3 Å². The lowest BCUT2D eigenvalue weighted by Gasteiger charge is -2.29. The number of aliphatic hydroxyl groups is 1. The van der Waals surface area contributed by atoms with Gasteiger partial charge in [-0.3, -0.25) is 4.90 Å². The minimum Gasteiger partial charge on any atom is -0.435 e. The van der Waals surface area contributed by atoms with Crippen LogP contribution in [-0.4, -0.2) is 32.4 Å². The molecule has 1 atom stereocenters. The standard InChI is InChI=1S/C28H29F2N3O2/c1-19(2)32(18-26(34)21-10-6-4-7-11-21)17-24-20(3)31-33(23-12-8-5-9-13-23)28(24)35-27-15-14-22(29)16-25(27)30/h4-16,19,26,34H,17-18H2,1-3H3/t26-/m0/s1. The van der Waals surface area contributed by atoms with Crippen molar-refractivity contribution in [3.05, 3.63) is 107 Å². The van der Waals surface area contributed by atoms with Crippen LogP contribution in [0.25, 0.3) is 5.69 Å². The first-order chi connectivity index (χ1) is 16.8. The van der Waals surface area contributed by atoms with Gasteiger partial charge in [-0.1, -0.05) is 48.5 Å². The van der Waals surface area contributed by atoms with Crippen LogP contribution in [0.15, 0.2) is 78.9 Å². The molecule has 0 fully saturated rings. The molecule has 0 unspecified atom stereocenters. The van der Waals surface area contributed by atoms with E-state index in [0.717, 1.165) is 28.9 Å². The van der Waals surface area contributed by atoms with Crippen LogP contribution < -0.4 is 4.74 Å². The van der Waals surface area contributed by atoms with Crippen LogP contribution in [0.5, 0.6) is 11.6 Å². The molecule has 1 heterocycles. The summed E-state index contributed by atoms with van der Waals surface area (Å²) in [6.07, 6.45) is -0.679. The molecular weight excluding hydrogens is 448 g/mol. The highest BCUT2D eigenvalue weighted by atomic mass is 19.1. The monoisotopic (exact) mass is 477 g/mol. The molecule has 0 aliphatic carbocycles. The fourth-order valence-corrected chi connectivity index (χ4v) is 3.90. The molecule has 5 nitrogen and oxygen atoms in total. The summed E-state index contributed by atoms with van der Waals surface area (Å²) in [5.41, 5.74) is 3.05. The molecule has 0 amide bonds. The van der Waals surface area contributed by atoms with E-state index < -0.39 is 17.7 Å². The lowest BCUT2D eigenvalue weighted by atomic mass is 10.1. The molecule has 0 radical (unpaired) electrons. The van der Waals surface area contributed by atoms with Crippen LogP contribution in [0.4, 0.5) is 8.78 Å². The molecule has 3 aromatic carbocycles. The Labute approximate surface area is 204 Å². The van der Waals surface area contributed by atoms with Crippen molar-refractivity contribution in [1.29, 1.82) is 0 Å². The highest BCUT2D eigenvalue weighted by molar-refractivity contribution is 5.43. The van der Waals surface area contributed by atoms with Gasteiger partial charge in [-0.2, -0.15) is 5.10 Å². The summed E-state index contributed by atoms with van der Waals surface area (Å²) < 4.78 is 35.7. The number of aromatic nitrogens is 2. The van der Waals surface area contributed by atoms with Gasteiger partial charge >= 0.3 is 0 Å². The van der Waals surface area contributed by atoms with Gasteiger partial charge in [0.15, 0.2) is 11.6 Å². The molecule has 4 rings (SSSR count). The Balaban J connectivity index is 1.71. The maximum Gasteiger partial charge on any atom is 0.227 e. The predicted molar refractivity (Wildman–Crippen MR) is 132 cm³/mol. The summed E-state index contributed by atoms with van der Waals surface area (Å²) in [7, 11) is 0. The third-order valence-corrected chi connectivity index (χ3v) is 5.92. The first kappa shape index (κ1) is 24.6. The zero-order chi connectivity index (χ0) is 24.9. The molecule has 0 aliphatic rings. The molecule has 1 N–H and O–H groups in total. The molecular formula is C28H29F2N3O2. The zero-order valence-corrected chi connectivity index (χ0v) is 20.0. The van der Waals surface area contributed by atoms with Gasteiger partial charge in [0.2, 0.25) is 5.88 Å². The second kappa shape index (κ2) is 10.8. The largest absolute Gasteiger partial charge is 0.435 e. The smallest absolute Gasteiger partial charge is 0.227 e. The molecule has 35 heavy (non-hydrogen) atoms. The molecule has 0 spiro atoms. The van der Waals surface area contributed by atoms with Crippen molar-refractivity contribution in [2.75, 3.05) is 6.54 Å². The number of hydrogen-bond donors (Lipinski definition) is 1. The molecule has 0 aliphatic heterocycles. The first-order valence-corrected chi connectivity index (χ1v) is 11.6. The van der Waals surface area contributed by atoms with E-state index in [1.54, 1.807) is 4.68 Å². The zero-order valence-electron chi connectivity index (χ0n) is 20.0. The third-order valence-electron chi connectivity index (χ3n) is 5.92. The number of rotatable bonds is 9. The van der Waals surface area contributed by atoms with Gasteiger partial charge < -0.3 is 9.84 Å². The van der Waals surface area contributed by atoms with E-state index in [0.29, 0.717) is 24.7 Å². The van der Waals surface area contributed by atoms with E-state index in [-0.39, 0.29) is 11.8 Å². The van der Waals surface area contributed by atoms with Crippen molar-refractivity contribution in [1.82, 2.24) is 14.7 Å². The summed E-state index contributed by atoms with van der Waals surface area (Å²) in [5, 5.41) is 15.5. The summed E-state index contributed by atoms with van der Waals surface area (Å²) in [6.45, 7) is 6.78. The number of aryl methyl sites for hydroxylation is 1. The van der Waals surface area contributed by atoms with Gasteiger partial charge in [0.05, 0.1) is 23.0 Å². The van der Waals surface area contributed by atoms with E-state index in [9.17, 15) is 13.9 Å². The molecule has 1 aromatic heterocycles. The lowest BCUT2D eigenvalue weighted by molar-refractivity contribution is 0.0902. The van der Waals surface area contributed by atoms with Gasteiger partial charge in [0, 0.05) is 25.2 Å². The molecule has 0 saturated heterocycles. The first-order valence-electron chi connectivity index (χ1n) is 11.6. The van der Waals surface area contributed by atoms with Crippen molar-refractivity contribution in [2.45, 2.75) is 39.5 Å². The van der Waals surface area contributed by atoms with Crippen molar-refractivity contribution >= 4 is 0 Å². The van der Waals surface area contributed by atoms with E-state index in [4.69, 9.17) is 4.74 Å². The van der Waals surface area contributed by atoms with Gasteiger partial charge in [-0.15, -0.1) is 0 Å². The quantitative estimate of drug-likeness (QED) is 0.312. The summed E-state index contributed by atoms with van der Waals surface area (Å²) in [4.78, 5) is 2.12. The number of para-hydroxylation sites is 1. The summed E-state index contributed by atoms with van der Waals surface area (Å²) in [6, 6.07) is 22.2. The number of benzene rings is 3. The fraction of sp³-hybridized carbons (Fsp3) is 0.250. The van der Waals surface area contributed by atoms with Crippen molar-refractivity contribution in [2.24, 2.45) is 0 Å². The third kappa shape index (κ3) is 5.75. The molecule has 0 bridgehead atoms. The molecule has 182 valence electrons. The Bertz CT molecular complexity index is 1260. The second-order valence-electron chi connectivity index (χ2n) is 8.74.